The summed E-state index contributed by atoms with van der Waals surface area (Å²) in [6.45, 7) is 0. The molecule has 0 fully saturated rings. The zero-order valence-electron chi connectivity index (χ0n) is 29.8. The molecule has 0 aliphatic carbocycles. The first kappa shape index (κ1) is 31.2. The molecule has 0 atom stereocenters. The molecule has 0 radical (unpaired) electrons. The summed E-state index contributed by atoms with van der Waals surface area (Å²) in [6, 6.07) is 70.9. The maximum Gasteiger partial charge on any atom is 0.143 e. The second-order valence-corrected chi connectivity index (χ2v) is 14.0. The van der Waals surface area contributed by atoms with Crippen LogP contribution >= 0.6 is 0 Å². The van der Waals surface area contributed by atoms with Crippen LogP contribution in [-0.2, 0) is 0 Å². The van der Waals surface area contributed by atoms with Crippen molar-refractivity contribution < 1.29 is 8.83 Å². The van der Waals surface area contributed by atoms with Crippen LogP contribution in [-0.4, -0.2) is 0 Å². The summed E-state index contributed by atoms with van der Waals surface area (Å²) < 4.78 is 13.1. The predicted octanol–water partition coefficient (Wildman–Crippen LogP) is 15.1. The van der Waals surface area contributed by atoms with E-state index in [0.717, 1.165) is 94.1 Å². The Morgan fingerprint density at radius 1 is 0.327 bits per heavy atom. The Kier molecular flexibility index (Phi) is 7.17. The zero-order chi connectivity index (χ0) is 36.3. The highest BCUT2D eigenvalue weighted by atomic mass is 16.3. The van der Waals surface area contributed by atoms with Gasteiger partial charge in [0, 0.05) is 49.4 Å². The molecule has 9 aromatic carbocycles. The number of rotatable bonds is 6. The fourth-order valence-corrected chi connectivity index (χ4v) is 8.32. The second-order valence-electron chi connectivity index (χ2n) is 14.0. The van der Waals surface area contributed by atoms with Crippen molar-refractivity contribution in [3.63, 3.8) is 0 Å². The fourth-order valence-electron chi connectivity index (χ4n) is 8.32. The van der Waals surface area contributed by atoms with Gasteiger partial charge in [-0.3, -0.25) is 0 Å². The number of furan rings is 2. The third-order valence-electron chi connectivity index (χ3n) is 10.9. The van der Waals surface area contributed by atoms with Crippen molar-refractivity contribution in [1.82, 2.24) is 0 Å². The summed E-state index contributed by atoms with van der Waals surface area (Å²) in [4.78, 5) is 2.38. The van der Waals surface area contributed by atoms with Crippen LogP contribution in [0.15, 0.2) is 209 Å². The first-order valence-corrected chi connectivity index (χ1v) is 18.7. The highest BCUT2D eigenvalue weighted by molar-refractivity contribution is 6.20. The third kappa shape index (κ3) is 5.13. The minimum atomic E-state index is 0.875. The van der Waals surface area contributed by atoms with E-state index in [4.69, 9.17) is 8.83 Å². The lowest BCUT2D eigenvalue weighted by molar-refractivity contribution is 0.670. The van der Waals surface area contributed by atoms with Crippen molar-refractivity contribution in [3.05, 3.63) is 200 Å². The number of fused-ring (bicyclic) bond motifs is 8. The van der Waals surface area contributed by atoms with E-state index < -0.39 is 0 Å². The molecule has 3 nitrogen and oxygen atoms in total. The smallest absolute Gasteiger partial charge is 0.143 e. The number of benzene rings is 9. The molecule has 0 unspecified atom stereocenters. The molecule has 0 N–H and O–H groups in total. The number of hydrogen-bond donors (Lipinski definition) is 0. The molecule has 0 bridgehead atoms. The maximum atomic E-state index is 6.65. The standard InChI is InChI=1S/C52H33NO2/c1-2-13-34(14-3-1)37-16-10-17-39(33-37)53(38-30-27-36(28-31-38)41-21-11-23-45-43-20-7-9-25-48(43)54-51(41)45)47-24-8-6-19-42(47)44-22-12-26-49-50(44)46-32-29-35-15-4-5-18-40(35)52(46)55-49/h1-33H. The maximum absolute atomic E-state index is 6.65. The van der Waals surface area contributed by atoms with Gasteiger partial charge in [0.15, 0.2) is 0 Å². The van der Waals surface area contributed by atoms with Crippen LogP contribution in [0, 0.1) is 0 Å². The zero-order valence-corrected chi connectivity index (χ0v) is 29.8. The first-order chi connectivity index (χ1) is 27.3. The van der Waals surface area contributed by atoms with Gasteiger partial charge in [-0.2, -0.15) is 0 Å². The van der Waals surface area contributed by atoms with Crippen molar-refractivity contribution in [2.45, 2.75) is 0 Å². The second kappa shape index (κ2) is 12.6. The van der Waals surface area contributed by atoms with Gasteiger partial charge < -0.3 is 13.7 Å². The lowest BCUT2D eigenvalue weighted by atomic mass is 9.95. The molecule has 0 spiro atoms. The number of anilines is 3. The molecule has 11 aromatic rings. The van der Waals surface area contributed by atoms with E-state index in [1.165, 1.54) is 10.9 Å². The largest absolute Gasteiger partial charge is 0.455 e. The van der Waals surface area contributed by atoms with Gasteiger partial charge in [0.1, 0.15) is 22.3 Å². The molecule has 0 aliphatic rings. The summed E-state index contributed by atoms with van der Waals surface area (Å²) in [6.07, 6.45) is 0. The van der Waals surface area contributed by atoms with Crippen molar-refractivity contribution in [2.24, 2.45) is 0 Å². The normalized spacial score (nSPS) is 11.6. The van der Waals surface area contributed by atoms with Crippen LogP contribution in [0.1, 0.15) is 0 Å². The van der Waals surface area contributed by atoms with Gasteiger partial charge in [-0.15, -0.1) is 0 Å². The fraction of sp³-hybridized carbons (Fsp3) is 0. The summed E-state index contributed by atoms with van der Waals surface area (Å²) in [5.41, 5.74) is 13.5. The quantitative estimate of drug-likeness (QED) is 0.173. The molecular formula is C52H33NO2. The Labute approximate surface area is 317 Å². The number of nitrogens with zero attached hydrogens (tertiary/aromatic N) is 1. The average molecular weight is 704 g/mol. The first-order valence-electron chi connectivity index (χ1n) is 18.7. The SMILES string of the molecule is c1ccc(-c2cccc(N(c3ccc(-c4cccc5c4oc4ccccc45)cc3)c3ccccc3-c3cccc4oc5c6ccccc6ccc5c34)c2)cc1. The molecule has 258 valence electrons. The van der Waals surface area contributed by atoms with Crippen LogP contribution in [0.25, 0.3) is 88.0 Å². The van der Waals surface area contributed by atoms with Gasteiger partial charge in [-0.1, -0.05) is 152 Å². The highest BCUT2D eigenvalue weighted by Gasteiger charge is 2.22. The van der Waals surface area contributed by atoms with E-state index in [0.29, 0.717) is 0 Å². The van der Waals surface area contributed by atoms with E-state index in [9.17, 15) is 0 Å². The van der Waals surface area contributed by atoms with Gasteiger partial charge >= 0.3 is 0 Å². The molecule has 0 amide bonds. The van der Waals surface area contributed by atoms with Crippen LogP contribution in [0.3, 0.4) is 0 Å². The number of hydrogen-bond acceptors (Lipinski definition) is 3. The number of para-hydroxylation sites is 3. The van der Waals surface area contributed by atoms with Crippen LogP contribution in [0.5, 0.6) is 0 Å². The molecule has 0 aliphatic heterocycles. The van der Waals surface area contributed by atoms with Crippen LogP contribution in [0.2, 0.25) is 0 Å². The van der Waals surface area contributed by atoms with Gasteiger partial charge in [-0.25, -0.2) is 0 Å². The van der Waals surface area contributed by atoms with Crippen molar-refractivity contribution in [3.8, 4) is 33.4 Å². The molecule has 3 heteroatoms. The van der Waals surface area contributed by atoms with E-state index in [1.807, 2.05) is 12.1 Å². The van der Waals surface area contributed by atoms with Gasteiger partial charge in [0.2, 0.25) is 0 Å². The molecule has 2 heterocycles. The topological polar surface area (TPSA) is 29.5 Å². The van der Waals surface area contributed by atoms with Crippen LogP contribution in [0.4, 0.5) is 17.1 Å². The minimum Gasteiger partial charge on any atom is -0.455 e. The Balaban J connectivity index is 1.11. The average Bonchev–Trinajstić information content (AvgIpc) is 3.84. The molecule has 2 aromatic heterocycles. The predicted molar refractivity (Wildman–Crippen MR) is 229 cm³/mol. The minimum absolute atomic E-state index is 0.875. The highest BCUT2D eigenvalue weighted by Crippen LogP contribution is 2.46. The molecule has 0 saturated carbocycles. The summed E-state index contributed by atoms with van der Waals surface area (Å²) in [7, 11) is 0. The van der Waals surface area contributed by atoms with Gasteiger partial charge in [0.05, 0.1) is 5.69 Å². The monoisotopic (exact) mass is 703 g/mol. The van der Waals surface area contributed by atoms with E-state index in [-0.39, 0.29) is 0 Å². The lowest BCUT2D eigenvalue weighted by Gasteiger charge is -2.28. The molecular weight excluding hydrogens is 671 g/mol. The Bertz CT molecular complexity index is 3210. The van der Waals surface area contributed by atoms with Crippen molar-refractivity contribution >= 4 is 71.7 Å². The summed E-state index contributed by atoms with van der Waals surface area (Å²) >= 11 is 0. The van der Waals surface area contributed by atoms with E-state index in [1.54, 1.807) is 0 Å². The third-order valence-corrected chi connectivity index (χ3v) is 10.9. The van der Waals surface area contributed by atoms with Crippen LogP contribution < -0.4 is 4.90 Å². The molecule has 55 heavy (non-hydrogen) atoms. The Morgan fingerprint density at radius 2 is 0.982 bits per heavy atom. The Hall–Kier alpha value is -7.36. The van der Waals surface area contributed by atoms with E-state index >= 15 is 0 Å². The lowest BCUT2D eigenvalue weighted by Crippen LogP contribution is -2.11. The van der Waals surface area contributed by atoms with Gasteiger partial charge in [0.25, 0.3) is 0 Å². The Morgan fingerprint density at radius 3 is 1.89 bits per heavy atom. The van der Waals surface area contributed by atoms with E-state index in [2.05, 4.69) is 193 Å². The van der Waals surface area contributed by atoms with Crippen molar-refractivity contribution in [2.75, 3.05) is 4.90 Å². The van der Waals surface area contributed by atoms with Gasteiger partial charge in [-0.05, 0) is 76.2 Å². The van der Waals surface area contributed by atoms with Crippen molar-refractivity contribution in [1.29, 1.82) is 0 Å². The molecule has 0 saturated heterocycles. The molecule has 11 rings (SSSR count). The summed E-state index contributed by atoms with van der Waals surface area (Å²) in [5.74, 6) is 0. The summed E-state index contributed by atoms with van der Waals surface area (Å²) in [5, 5.41) is 6.77.